The average molecular weight is 221 g/mol. The minimum Gasteiger partial charge on any atom is -0.483 e. The van der Waals surface area contributed by atoms with E-state index in [4.69, 9.17) is 4.74 Å². The standard InChI is InChI=1S/C12H9O.Cr/c1-3-7-11(8-4-1)13-12-9-5-2-6-10-12;/h1,3-10H;/q-1;. The van der Waals surface area contributed by atoms with Crippen LogP contribution in [0.25, 0.3) is 0 Å². The first-order chi connectivity index (χ1) is 6.45. The topological polar surface area (TPSA) is 9.23 Å². The van der Waals surface area contributed by atoms with Crippen molar-refractivity contribution in [3.05, 3.63) is 60.7 Å². The minimum atomic E-state index is 0. The van der Waals surface area contributed by atoms with E-state index in [1.54, 1.807) is 0 Å². The Morgan fingerprint density at radius 3 is 2.00 bits per heavy atom. The summed E-state index contributed by atoms with van der Waals surface area (Å²) < 4.78 is 5.56. The second-order valence-electron chi connectivity index (χ2n) is 2.65. The summed E-state index contributed by atoms with van der Waals surface area (Å²) in [6, 6.07) is 20.1. The molecular weight excluding hydrogens is 212 g/mol. The third-order valence-electron chi connectivity index (χ3n) is 1.67. The number of rotatable bonds is 2. The molecule has 2 heteroatoms. The number of hydrogen-bond acceptors (Lipinski definition) is 1. The van der Waals surface area contributed by atoms with Crippen LogP contribution in [0, 0.1) is 6.07 Å². The third kappa shape index (κ3) is 2.92. The normalized spacial score (nSPS) is 8.86. The van der Waals surface area contributed by atoms with E-state index in [0.29, 0.717) is 0 Å². The average Bonchev–Trinajstić information content (AvgIpc) is 2.21. The second kappa shape index (κ2) is 5.49. The molecule has 2 aromatic rings. The Hall–Kier alpha value is -1.23. The number of para-hydroxylation sites is 1. The van der Waals surface area contributed by atoms with Crippen molar-refractivity contribution in [3.8, 4) is 11.5 Å². The molecule has 2 aromatic carbocycles. The van der Waals surface area contributed by atoms with Crippen molar-refractivity contribution in [2.24, 2.45) is 0 Å². The molecule has 0 amide bonds. The number of ether oxygens (including phenoxy) is 1. The van der Waals surface area contributed by atoms with E-state index >= 15 is 0 Å². The van der Waals surface area contributed by atoms with Gasteiger partial charge in [0.1, 0.15) is 5.75 Å². The first-order valence-electron chi connectivity index (χ1n) is 4.14. The molecule has 0 aliphatic carbocycles. The van der Waals surface area contributed by atoms with Crippen molar-refractivity contribution < 1.29 is 22.1 Å². The molecule has 0 saturated heterocycles. The van der Waals surface area contributed by atoms with Crippen LogP contribution in [-0.4, -0.2) is 0 Å². The molecule has 0 aliphatic heterocycles. The molecule has 0 unspecified atom stereocenters. The summed E-state index contributed by atoms with van der Waals surface area (Å²) in [5.41, 5.74) is 0. The SMILES string of the molecule is [Cr].[c-]1ccc(Oc2ccccc2)cc1. The van der Waals surface area contributed by atoms with Crippen LogP contribution >= 0.6 is 0 Å². The molecule has 70 valence electrons. The van der Waals surface area contributed by atoms with Crippen LogP contribution in [0.1, 0.15) is 0 Å². The van der Waals surface area contributed by atoms with Gasteiger partial charge in [-0.1, -0.05) is 18.2 Å². The van der Waals surface area contributed by atoms with E-state index in [1.807, 2.05) is 54.6 Å². The molecule has 0 radical (unpaired) electrons. The summed E-state index contributed by atoms with van der Waals surface area (Å²) in [5.74, 6) is 1.69. The maximum Gasteiger partial charge on any atom is 0.124 e. The van der Waals surface area contributed by atoms with Crippen LogP contribution in [0.3, 0.4) is 0 Å². The van der Waals surface area contributed by atoms with Crippen molar-refractivity contribution in [1.29, 1.82) is 0 Å². The van der Waals surface area contributed by atoms with Gasteiger partial charge in [-0.25, -0.2) is 0 Å². The van der Waals surface area contributed by atoms with E-state index in [9.17, 15) is 0 Å². The fraction of sp³-hybridized carbons (Fsp3) is 0. The molecule has 0 N–H and O–H groups in total. The summed E-state index contributed by atoms with van der Waals surface area (Å²) in [4.78, 5) is 0. The predicted octanol–water partition coefficient (Wildman–Crippen LogP) is 3.28. The Balaban J connectivity index is 0.000000980. The summed E-state index contributed by atoms with van der Waals surface area (Å²) >= 11 is 0. The van der Waals surface area contributed by atoms with Gasteiger partial charge in [0, 0.05) is 23.1 Å². The molecule has 0 heterocycles. The van der Waals surface area contributed by atoms with E-state index in [-0.39, 0.29) is 17.4 Å². The first kappa shape index (κ1) is 10.9. The predicted molar refractivity (Wildman–Crippen MR) is 51.8 cm³/mol. The van der Waals surface area contributed by atoms with Gasteiger partial charge in [-0.3, -0.25) is 0 Å². The Kier molecular flexibility index (Phi) is 4.26. The van der Waals surface area contributed by atoms with Gasteiger partial charge in [0.25, 0.3) is 0 Å². The first-order valence-corrected chi connectivity index (χ1v) is 4.14. The largest absolute Gasteiger partial charge is 0.483 e. The van der Waals surface area contributed by atoms with Crippen molar-refractivity contribution in [3.63, 3.8) is 0 Å². The van der Waals surface area contributed by atoms with Crippen molar-refractivity contribution >= 4 is 0 Å². The van der Waals surface area contributed by atoms with Gasteiger partial charge in [-0.2, -0.15) is 18.2 Å². The van der Waals surface area contributed by atoms with Crippen molar-refractivity contribution in [1.82, 2.24) is 0 Å². The zero-order chi connectivity index (χ0) is 8.93. The molecule has 0 saturated carbocycles. The quantitative estimate of drug-likeness (QED) is 0.707. The summed E-state index contributed by atoms with van der Waals surface area (Å²) in [6.45, 7) is 0. The Labute approximate surface area is 94.5 Å². The minimum absolute atomic E-state index is 0. The van der Waals surface area contributed by atoms with Crippen LogP contribution in [0.15, 0.2) is 54.6 Å². The van der Waals surface area contributed by atoms with Crippen molar-refractivity contribution in [2.45, 2.75) is 0 Å². The van der Waals surface area contributed by atoms with E-state index < -0.39 is 0 Å². The van der Waals surface area contributed by atoms with Gasteiger partial charge in [0.2, 0.25) is 0 Å². The van der Waals surface area contributed by atoms with Crippen LogP contribution in [-0.2, 0) is 17.4 Å². The Morgan fingerprint density at radius 1 is 0.786 bits per heavy atom. The number of hydrogen-bond donors (Lipinski definition) is 0. The molecule has 0 fully saturated rings. The Morgan fingerprint density at radius 2 is 1.36 bits per heavy atom. The molecule has 0 aromatic heterocycles. The molecule has 2 rings (SSSR count). The second-order valence-corrected chi connectivity index (χ2v) is 2.65. The van der Waals surface area contributed by atoms with E-state index in [2.05, 4.69) is 6.07 Å². The number of benzene rings is 2. The summed E-state index contributed by atoms with van der Waals surface area (Å²) in [6.07, 6.45) is 0. The van der Waals surface area contributed by atoms with Gasteiger partial charge in [0.05, 0.1) is 0 Å². The van der Waals surface area contributed by atoms with E-state index in [0.717, 1.165) is 11.5 Å². The monoisotopic (exact) mass is 221 g/mol. The van der Waals surface area contributed by atoms with Crippen LogP contribution in [0.4, 0.5) is 0 Å². The molecule has 0 bridgehead atoms. The fourth-order valence-corrected chi connectivity index (χ4v) is 1.06. The van der Waals surface area contributed by atoms with Crippen molar-refractivity contribution in [2.75, 3.05) is 0 Å². The van der Waals surface area contributed by atoms with Crippen LogP contribution in [0.2, 0.25) is 0 Å². The van der Waals surface area contributed by atoms with Gasteiger partial charge in [-0.15, -0.1) is 12.1 Å². The maximum atomic E-state index is 5.56. The van der Waals surface area contributed by atoms with Gasteiger partial charge in [-0.05, 0) is 12.1 Å². The molecule has 14 heavy (non-hydrogen) atoms. The smallest absolute Gasteiger partial charge is 0.124 e. The summed E-state index contributed by atoms with van der Waals surface area (Å²) in [7, 11) is 0. The molecule has 0 spiro atoms. The molecular formula is C12H9CrO-. The zero-order valence-corrected chi connectivity index (χ0v) is 8.79. The molecule has 1 nitrogen and oxygen atoms in total. The summed E-state index contributed by atoms with van der Waals surface area (Å²) in [5, 5.41) is 0. The van der Waals surface area contributed by atoms with E-state index in [1.165, 1.54) is 0 Å². The van der Waals surface area contributed by atoms with Crippen LogP contribution in [0.5, 0.6) is 11.5 Å². The zero-order valence-electron chi connectivity index (χ0n) is 7.51. The molecule has 0 atom stereocenters. The van der Waals surface area contributed by atoms with Gasteiger partial charge >= 0.3 is 0 Å². The Bertz CT molecular complexity index is 321. The third-order valence-corrected chi connectivity index (χ3v) is 1.67. The van der Waals surface area contributed by atoms with Crippen LogP contribution < -0.4 is 4.74 Å². The van der Waals surface area contributed by atoms with Gasteiger partial charge < -0.3 is 4.74 Å². The maximum absolute atomic E-state index is 5.56. The molecule has 0 aliphatic rings. The van der Waals surface area contributed by atoms with Gasteiger partial charge in [0.15, 0.2) is 0 Å². The fourth-order valence-electron chi connectivity index (χ4n) is 1.06.